The Morgan fingerprint density at radius 1 is 1.21 bits per heavy atom. The van der Waals surface area contributed by atoms with Crippen molar-refractivity contribution in [2.45, 2.75) is 20.0 Å². The maximum Gasteiger partial charge on any atom is 0.163 e. The van der Waals surface area contributed by atoms with Crippen LogP contribution in [0, 0.1) is 0 Å². The molecule has 0 amide bonds. The Balaban J connectivity index is 1.66. The van der Waals surface area contributed by atoms with E-state index in [0.717, 1.165) is 29.4 Å². The minimum Gasteiger partial charge on any atom is -0.486 e. The molecule has 0 atom stereocenters. The predicted molar refractivity (Wildman–Crippen MR) is 72.7 cm³/mol. The monoisotopic (exact) mass is 259 g/mol. The fourth-order valence-electron chi connectivity index (χ4n) is 2.02. The number of fused-ring (bicyclic) bond motifs is 1. The molecule has 1 aliphatic heterocycles. The van der Waals surface area contributed by atoms with Crippen molar-refractivity contribution in [1.82, 2.24) is 9.78 Å². The molecule has 0 radical (unpaired) electrons. The van der Waals surface area contributed by atoms with Gasteiger partial charge in [0, 0.05) is 24.5 Å². The van der Waals surface area contributed by atoms with Crippen LogP contribution < -0.4 is 14.8 Å². The molecule has 2 heterocycles. The fourth-order valence-corrected chi connectivity index (χ4v) is 2.02. The Morgan fingerprint density at radius 2 is 2.05 bits per heavy atom. The van der Waals surface area contributed by atoms with Gasteiger partial charge < -0.3 is 14.8 Å². The van der Waals surface area contributed by atoms with E-state index in [1.54, 1.807) is 0 Å². The average Bonchev–Trinajstić information content (AvgIpc) is 2.93. The van der Waals surface area contributed by atoms with E-state index in [2.05, 4.69) is 17.3 Å². The lowest BCUT2D eigenvalue weighted by molar-refractivity contribution is 0.171. The summed E-state index contributed by atoms with van der Waals surface area (Å²) in [5.41, 5.74) is 2.03. The van der Waals surface area contributed by atoms with Crippen molar-refractivity contribution in [1.29, 1.82) is 0 Å². The van der Waals surface area contributed by atoms with Gasteiger partial charge in [0.15, 0.2) is 11.5 Å². The molecule has 0 saturated carbocycles. The molecule has 100 valence electrons. The summed E-state index contributed by atoms with van der Waals surface area (Å²) in [6.45, 7) is 4.90. The molecule has 19 heavy (non-hydrogen) atoms. The molecule has 1 N–H and O–H groups in total. The van der Waals surface area contributed by atoms with Gasteiger partial charge in [-0.15, -0.1) is 0 Å². The Kier molecular flexibility index (Phi) is 3.27. The van der Waals surface area contributed by atoms with Crippen LogP contribution in [0.15, 0.2) is 30.5 Å². The third-order valence-corrected chi connectivity index (χ3v) is 3.04. The Morgan fingerprint density at radius 3 is 2.84 bits per heavy atom. The largest absolute Gasteiger partial charge is 0.486 e. The fraction of sp³-hybridized carbons (Fsp3) is 0.357. The van der Waals surface area contributed by atoms with Crippen molar-refractivity contribution in [2.75, 3.05) is 18.5 Å². The normalized spacial score (nSPS) is 13.3. The molecule has 2 aromatic rings. The Bertz CT molecular complexity index is 566. The minimum absolute atomic E-state index is 0.608. The second-order valence-electron chi connectivity index (χ2n) is 4.37. The summed E-state index contributed by atoms with van der Waals surface area (Å²) in [4.78, 5) is 0. The number of benzene rings is 1. The number of nitrogens with zero attached hydrogens (tertiary/aromatic N) is 2. The number of aromatic nitrogens is 2. The summed E-state index contributed by atoms with van der Waals surface area (Å²) in [5, 5.41) is 7.77. The molecule has 3 rings (SSSR count). The van der Waals surface area contributed by atoms with E-state index >= 15 is 0 Å². The molecule has 0 bridgehead atoms. The van der Waals surface area contributed by atoms with Crippen molar-refractivity contribution in [3.63, 3.8) is 0 Å². The highest BCUT2D eigenvalue weighted by molar-refractivity contribution is 5.55. The van der Waals surface area contributed by atoms with E-state index in [-0.39, 0.29) is 0 Å². The zero-order valence-corrected chi connectivity index (χ0v) is 10.9. The lowest BCUT2D eigenvalue weighted by Gasteiger charge is -2.19. The molecule has 0 aliphatic carbocycles. The van der Waals surface area contributed by atoms with Crippen LogP contribution in [0.4, 0.5) is 5.69 Å². The van der Waals surface area contributed by atoms with E-state index in [1.165, 1.54) is 0 Å². The van der Waals surface area contributed by atoms with Crippen LogP contribution in [-0.4, -0.2) is 23.0 Å². The van der Waals surface area contributed by atoms with Gasteiger partial charge in [-0.2, -0.15) is 5.10 Å². The first-order valence-electron chi connectivity index (χ1n) is 6.51. The molecule has 0 unspecified atom stereocenters. The molecule has 1 aliphatic rings. The van der Waals surface area contributed by atoms with Crippen LogP contribution in [0.2, 0.25) is 0 Å². The van der Waals surface area contributed by atoms with Gasteiger partial charge in [0.05, 0.1) is 12.2 Å². The number of hydrogen-bond donors (Lipinski definition) is 1. The number of anilines is 1. The van der Waals surface area contributed by atoms with Crippen molar-refractivity contribution in [2.24, 2.45) is 0 Å². The second-order valence-corrected chi connectivity index (χ2v) is 4.37. The highest BCUT2D eigenvalue weighted by atomic mass is 16.6. The molecule has 1 aromatic heterocycles. The Hall–Kier alpha value is -2.17. The highest BCUT2D eigenvalue weighted by Gasteiger charge is 2.11. The molecule has 5 heteroatoms. The SMILES string of the molecule is CCn1ccc(CNc2ccc3c(c2)OCCO3)n1. The summed E-state index contributed by atoms with van der Waals surface area (Å²) >= 11 is 0. The van der Waals surface area contributed by atoms with Crippen LogP contribution in [0.5, 0.6) is 11.5 Å². The molecule has 0 spiro atoms. The van der Waals surface area contributed by atoms with Crippen LogP contribution >= 0.6 is 0 Å². The number of ether oxygens (including phenoxy) is 2. The van der Waals surface area contributed by atoms with E-state index in [9.17, 15) is 0 Å². The zero-order valence-electron chi connectivity index (χ0n) is 10.9. The zero-order chi connectivity index (χ0) is 13.1. The topological polar surface area (TPSA) is 48.3 Å². The van der Waals surface area contributed by atoms with Gasteiger partial charge in [0.1, 0.15) is 13.2 Å². The molecule has 5 nitrogen and oxygen atoms in total. The van der Waals surface area contributed by atoms with Crippen LogP contribution in [0.25, 0.3) is 0 Å². The van der Waals surface area contributed by atoms with E-state index in [0.29, 0.717) is 19.8 Å². The third kappa shape index (κ3) is 2.65. The molecule has 0 fully saturated rings. The first-order valence-corrected chi connectivity index (χ1v) is 6.51. The second kappa shape index (κ2) is 5.22. The number of hydrogen-bond acceptors (Lipinski definition) is 4. The lowest BCUT2D eigenvalue weighted by atomic mass is 10.2. The van der Waals surface area contributed by atoms with Crippen LogP contribution in [0.3, 0.4) is 0 Å². The predicted octanol–water partition coefficient (Wildman–Crippen LogP) is 2.29. The summed E-state index contributed by atoms with van der Waals surface area (Å²) < 4.78 is 13.0. The van der Waals surface area contributed by atoms with Gasteiger partial charge in [0.2, 0.25) is 0 Å². The molecular weight excluding hydrogens is 242 g/mol. The van der Waals surface area contributed by atoms with E-state index in [1.807, 2.05) is 35.1 Å². The number of rotatable bonds is 4. The van der Waals surface area contributed by atoms with Crippen molar-refractivity contribution < 1.29 is 9.47 Å². The third-order valence-electron chi connectivity index (χ3n) is 3.04. The maximum atomic E-state index is 5.55. The van der Waals surface area contributed by atoms with Gasteiger partial charge in [-0.3, -0.25) is 4.68 Å². The molecule has 1 aromatic carbocycles. The van der Waals surface area contributed by atoms with Gasteiger partial charge in [-0.25, -0.2) is 0 Å². The van der Waals surface area contributed by atoms with E-state index < -0.39 is 0 Å². The molecular formula is C14H17N3O2. The maximum absolute atomic E-state index is 5.55. The number of aryl methyl sites for hydroxylation is 1. The summed E-state index contributed by atoms with van der Waals surface area (Å²) in [6, 6.07) is 7.91. The lowest BCUT2D eigenvalue weighted by Crippen LogP contribution is -2.15. The van der Waals surface area contributed by atoms with Crippen LogP contribution in [0.1, 0.15) is 12.6 Å². The number of nitrogens with one attached hydrogen (secondary N) is 1. The Labute approximate surface area is 112 Å². The van der Waals surface area contributed by atoms with Crippen molar-refractivity contribution in [3.05, 3.63) is 36.2 Å². The summed E-state index contributed by atoms with van der Waals surface area (Å²) in [5.74, 6) is 1.61. The van der Waals surface area contributed by atoms with Gasteiger partial charge in [0.25, 0.3) is 0 Å². The van der Waals surface area contributed by atoms with Gasteiger partial charge in [-0.1, -0.05) is 0 Å². The first-order chi connectivity index (χ1) is 9.35. The van der Waals surface area contributed by atoms with Crippen molar-refractivity contribution >= 4 is 5.69 Å². The highest BCUT2D eigenvalue weighted by Crippen LogP contribution is 2.32. The summed E-state index contributed by atoms with van der Waals surface area (Å²) in [7, 11) is 0. The minimum atomic E-state index is 0.608. The smallest absolute Gasteiger partial charge is 0.163 e. The van der Waals surface area contributed by atoms with Gasteiger partial charge >= 0.3 is 0 Å². The molecule has 0 saturated heterocycles. The average molecular weight is 259 g/mol. The first kappa shape index (κ1) is 11.9. The quantitative estimate of drug-likeness (QED) is 0.915. The van der Waals surface area contributed by atoms with Crippen molar-refractivity contribution in [3.8, 4) is 11.5 Å². The van der Waals surface area contributed by atoms with Crippen LogP contribution in [-0.2, 0) is 13.1 Å². The van der Waals surface area contributed by atoms with Gasteiger partial charge in [-0.05, 0) is 25.1 Å². The standard InChI is InChI=1S/C14H17N3O2/c1-2-17-6-5-12(16-17)10-15-11-3-4-13-14(9-11)19-8-7-18-13/h3-6,9,15H,2,7-8,10H2,1H3. The summed E-state index contributed by atoms with van der Waals surface area (Å²) in [6.07, 6.45) is 1.99. The van der Waals surface area contributed by atoms with E-state index in [4.69, 9.17) is 9.47 Å².